The van der Waals surface area contributed by atoms with Crippen molar-refractivity contribution in [1.82, 2.24) is 0 Å². The predicted octanol–water partition coefficient (Wildman–Crippen LogP) is 3.16. The fourth-order valence-electron chi connectivity index (χ4n) is 2.82. The molecule has 25 heavy (non-hydrogen) atoms. The van der Waals surface area contributed by atoms with Crippen LogP contribution < -0.4 is 10.5 Å². The van der Waals surface area contributed by atoms with Crippen LogP contribution in [0.5, 0.6) is 5.06 Å². The van der Waals surface area contributed by atoms with Crippen molar-refractivity contribution in [2.45, 2.75) is 19.6 Å². The summed E-state index contributed by atoms with van der Waals surface area (Å²) in [5, 5.41) is 1.15. The number of rotatable bonds is 1. The number of nitrogens with zero attached hydrogens (tertiary/aromatic N) is 2. The van der Waals surface area contributed by atoms with E-state index < -0.39 is 17.7 Å². The highest BCUT2D eigenvalue weighted by molar-refractivity contribution is 7.18. The van der Waals surface area contributed by atoms with Crippen LogP contribution in [0.2, 0.25) is 0 Å². The Morgan fingerprint density at radius 3 is 2.72 bits per heavy atom. The second kappa shape index (κ2) is 6.20. The molecule has 0 aliphatic carbocycles. The van der Waals surface area contributed by atoms with Crippen LogP contribution in [-0.2, 0) is 11.3 Å². The first-order valence-corrected chi connectivity index (χ1v) is 8.60. The first-order chi connectivity index (χ1) is 12.1. The minimum atomic E-state index is -0.687. The maximum Gasteiger partial charge on any atom is 0.182 e. The number of ether oxygens (including phenoxy) is 2. The van der Waals surface area contributed by atoms with Crippen molar-refractivity contribution in [3.8, 4) is 5.06 Å². The Balaban J connectivity index is 2.01. The van der Waals surface area contributed by atoms with Crippen molar-refractivity contribution < 1.29 is 18.3 Å². The Bertz CT molecular complexity index is 887. The molecule has 130 valence electrons. The van der Waals surface area contributed by atoms with E-state index in [1.807, 2.05) is 0 Å². The molecular weight excluding hydrogens is 348 g/mol. The van der Waals surface area contributed by atoms with Crippen molar-refractivity contribution in [2.75, 3.05) is 13.2 Å². The number of halogens is 2. The molecule has 3 heterocycles. The first-order valence-electron chi connectivity index (χ1n) is 7.79. The lowest BCUT2D eigenvalue weighted by Gasteiger charge is -2.12. The number of nitrogens with two attached hydrogens (primary N) is 1. The highest BCUT2D eigenvalue weighted by atomic mass is 32.1. The molecule has 8 heteroatoms. The van der Waals surface area contributed by atoms with Crippen LogP contribution in [-0.4, -0.2) is 30.8 Å². The molecular formula is C17H15F2N3O2S. The van der Waals surface area contributed by atoms with Crippen LogP contribution in [0.15, 0.2) is 28.2 Å². The second-order valence-electron chi connectivity index (χ2n) is 5.74. The summed E-state index contributed by atoms with van der Waals surface area (Å²) in [6.45, 7) is 2.85. The monoisotopic (exact) mass is 363 g/mol. The third-order valence-electron chi connectivity index (χ3n) is 4.08. The van der Waals surface area contributed by atoms with Gasteiger partial charge in [0.25, 0.3) is 0 Å². The highest BCUT2D eigenvalue weighted by Crippen LogP contribution is 2.45. The predicted molar refractivity (Wildman–Crippen MR) is 92.2 cm³/mol. The summed E-state index contributed by atoms with van der Waals surface area (Å²) in [6.07, 6.45) is 0. The third kappa shape index (κ3) is 2.71. The smallest absolute Gasteiger partial charge is 0.182 e. The molecule has 0 bridgehead atoms. The number of amidine groups is 1. The standard InChI is InChI=1S/C17H15F2N3O2S/c1-8-15(20)22-16-12(9-7-23-5-6-24-17(9)25-16)14(21-8)13-10(18)3-2-4-11(13)19/h2-4,8H,5-7H2,1H3,(H2,20,22)/t8-/m0/s1. The zero-order chi connectivity index (χ0) is 17.6. The molecule has 0 spiro atoms. The van der Waals surface area contributed by atoms with E-state index in [0.29, 0.717) is 34.4 Å². The normalized spacial score (nSPS) is 19.7. The fourth-order valence-corrected chi connectivity index (χ4v) is 3.89. The Hall–Kier alpha value is -2.32. The number of benzene rings is 1. The lowest BCUT2D eigenvalue weighted by molar-refractivity contribution is 0.107. The Morgan fingerprint density at radius 1 is 1.20 bits per heavy atom. The highest BCUT2D eigenvalue weighted by Gasteiger charge is 2.31. The van der Waals surface area contributed by atoms with Crippen molar-refractivity contribution in [1.29, 1.82) is 0 Å². The Labute approximate surface area is 146 Å². The molecule has 2 N–H and O–H groups in total. The van der Waals surface area contributed by atoms with Crippen LogP contribution in [0.25, 0.3) is 0 Å². The molecule has 0 saturated heterocycles. The minimum Gasteiger partial charge on any atom is -0.481 e. The summed E-state index contributed by atoms with van der Waals surface area (Å²) in [7, 11) is 0. The number of thiophene rings is 1. The average molecular weight is 363 g/mol. The van der Waals surface area contributed by atoms with Crippen molar-refractivity contribution in [3.05, 3.63) is 46.5 Å². The van der Waals surface area contributed by atoms with Crippen molar-refractivity contribution in [2.24, 2.45) is 15.7 Å². The molecule has 2 aliphatic heterocycles. The van der Waals surface area contributed by atoms with Crippen LogP contribution in [0.3, 0.4) is 0 Å². The van der Waals surface area contributed by atoms with E-state index in [1.54, 1.807) is 6.92 Å². The van der Waals surface area contributed by atoms with E-state index in [-0.39, 0.29) is 23.7 Å². The van der Waals surface area contributed by atoms with Crippen LogP contribution in [0, 0.1) is 11.6 Å². The molecule has 5 nitrogen and oxygen atoms in total. The molecule has 0 radical (unpaired) electrons. The van der Waals surface area contributed by atoms with Crippen LogP contribution in [0.1, 0.15) is 23.6 Å². The van der Waals surface area contributed by atoms with E-state index in [0.717, 1.165) is 0 Å². The molecule has 0 unspecified atom stereocenters. The molecule has 2 aromatic rings. The zero-order valence-corrected chi connectivity index (χ0v) is 14.2. The molecule has 1 aromatic carbocycles. The molecule has 1 atom stereocenters. The SMILES string of the molecule is C[C@@H]1N=C(c2c(F)cccc2F)c2c(sc3c2COCCO3)N=C1N. The van der Waals surface area contributed by atoms with Crippen LogP contribution >= 0.6 is 11.3 Å². The van der Waals surface area contributed by atoms with E-state index in [4.69, 9.17) is 15.2 Å². The van der Waals surface area contributed by atoms with Crippen LogP contribution in [0.4, 0.5) is 13.8 Å². The summed E-state index contributed by atoms with van der Waals surface area (Å²) < 4.78 is 40.1. The minimum absolute atomic E-state index is 0.189. The molecule has 0 amide bonds. The van der Waals surface area contributed by atoms with Gasteiger partial charge in [-0.25, -0.2) is 13.8 Å². The maximum atomic E-state index is 14.5. The number of hydrogen-bond acceptors (Lipinski definition) is 6. The zero-order valence-electron chi connectivity index (χ0n) is 13.4. The van der Waals surface area contributed by atoms with Gasteiger partial charge in [0.2, 0.25) is 0 Å². The van der Waals surface area contributed by atoms with Gasteiger partial charge in [0, 0.05) is 11.1 Å². The largest absolute Gasteiger partial charge is 0.481 e. The Morgan fingerprint density at radius 2 is 1.96 bits per heavy atom. The number of hydrogen-bond donors (Lipinski definition) is 1. The van der Waals surface area contributed by atoms with E-state index in [1.165, 1.54) is 29.5 Å². The Kier molecular flexibility index (Phi) is 4.01. The van der Waals surface area contributed by atoms with Gasteiger partial charge in [-0.2, -0.15) is 0 Å². The van der Waals surface area contributed by atoms with Crippen molar-refractivity contribution >= 4 is 27.9 Å². The van der Waals surface area contributed by atoms with E-state index >= 15 is 0 Å². The first kappa shape index (κ1) is 16.2. The van der Waals surface area contributed by atoms with Gasteiger partial charge in [-0.1, -0.05) is 17.4 Å². The van der Waals surface area contributed by atoms with Crippen molar-refractivity contribution in [3.63, 3.8) is 0 Å². The molecule has 4 rings (SSSR count). The second-order valence-corrected chi connectivity index (χ2v) is 6.70. The summed E-state index contributed by atoms with van der Waals surface area (Å²) in [5.74, 6) is -1.09. The molecule has 1 aromatic heterocycles. The van der Waals surface area contributed by atoms with Gasteiger partial charge < -0.3 is 15.2 Å². The van der Waals surface area contributed by atoms with E-state index in [9.17, 15) is 8.78 Å². The fraction of sp³-hybridized carbons (Fsp3) is 0.294. The van der Waals surface area contributed by atoms with Gasteiger partial charge in [-0.3, -0.25) is 4.99 Å². The van der Waals surface area contributed by atoms with Gasteiger partial charge in [-0.15, -0.1) is 0 Å². The van der Waals surface area contributed by atoms with Gasteiger partial charge in [-0.05, 0) is 19.1 Å². The van der Waals surface area contributed by atoms with Gasteiger partial charge in [0.15, 0.2) is 5.06 Å². The summed E-state index contributed by atoms with van der Waals surface area (Å²) in [4.78, 5) is 8.89. The lowest BCUT2D eigenvalue weighted by atomic mass is 9.99. The third-order valence-corrected chi connectivity index (χ3v) is 5.11. The van der Waals surface area contributed by atoms with Gasteiger partial charge >= 0.3 is 0 Å². The van der Waals surface area contributed by atoms with Gasteiger partial charge in [0.05, 0.1) is 24.5 Å². The maximum absolute atomic E-state index is 14.5. The summed E-state index contributed by atoms with van der Waals surface area (Å²) in [5.41, 5.74) is 7.21. The molecule has 0 fully saturated rings. The topological polar surface area (TPSA) is 69.2 Å². The summed E-state index contributed by atoms with van der Waals surface area (Å²) >= 11 is 1.28. The number of aliphatic imine (C=N–C) groups is 2. The lowest BCUT2D eigenvalue weighted by Crippen LogP contribution is -2.25. The number of fused-ring (bicyclic) bond motifs is 3. The molecule has 0 saturated carbocycles. The summed E-state index contributed by atoms with van der Waals surface area (Å²) in [6, 6.07) is 3.23. The molecule has 2 aliphatic rings. The quantitative estimate of drug-likeness (QED) is 0.846. The average Bonchev–Trinajstić information content (AvgIpc) is 2.70. The van der Waals surface area contributed by atoms with Gasteiger partial charge in [0.1, 0.15) is 35.1 Å². The van der Waals surface area contributed by atoms with E-state index in [2.05, 4.69) is 9.98 Å².